The van der Waals surface area contributed by atoms with Crippen LogP contribution in [0.15, 0.2) is 54.6 Å². The summed E-state index contributed by atoms with van der Waals surface area (Å²) in [7, 11) is 0. The molecule has 8 heteroatoms. The van der Waals surface area contributed by atoms with E-state index >= 15 is 0 Å². The van der Waals surface area contributed by atoms with Crippen molar-refractivity contribution in [1.29, 1.82) is 0 Å². The first-order valence-corrected chi connectivity index (χ1v) is 7.79. The molecule has 0 fully saturated rings. The first-order chi connectivity index (χ1) is 12.3. The number of alkyl halides is 2. The SMILES string of the molecule is CC1C(c2ccc(C(=O)NCC(F)F)cc2)=CC=CN1C(=O)/C=C(\N)F. The summed E-state index contributed by atoms with van der Waals surface area (Å²) in [6.07, 6.45) is 3.03. The summed E-state index contributed by atoms with van der Waals surface area (Å²) in [5.41, 5.74) is 6.66. The van der Waals surface area contributed by atoms with Gasteiger partial charge in [0.15, 0.2) is 5.95 Å². The molecular weight excluding hydrogens is 347 g/mol. The minimum absolute atomic E-state index is 0.245. The van der Waals surface area contributed by atoms with Gasteiger partial charge < -0.3 is 16.0 Å². The van der Waals surface area contributed by atoms with Crippen molar-refractivity contribution in [2.24, 2.45) is 5.73 Å². The third kappa shape index (κ3) is 4.75. The van der Waals surface area contributed by atoms with Crippen LogP contribution in [0.2, 0.25) is 0 Å². The number of carbonyl (C=O) groups is 2. The van der Waals surface area contributed by atoms with Crippen LogP contribution in [-0.4, -0.2) is 35.7 Å². The molecule has 26 heavy (non-hydrogen) atoms. The fourth-order valence-corrected chi connectivity index (χ4v) is 2.54. The van der Waals surface area contributed by atoms with Crippen LogP contribution in [0.5, 0.6) is 0 Å². The topological polar surface area (TPSA) is 75.4 Å². The molecule has 2 amide bonds. The highest BCUT2D eigenvalue weighted by Gasteiger charge is 2.23. The average molecular weight is 365 g/mol. The molecule has 1 aromatic carbocycles. The molecule has 0 saturated carbocycles. The number of nitrogens with zero attached hydrogens (tertiary/aromatic N) is 1. The Kier molecular flexibility index (Phi) is 6.21. The molecule has 1 atom stereocenters. The van der Waals surface area contributed by atoms with E-state index in [1.807, 2.05) is 0 Å². The number of nitrogens with two attached hydrogens (primary N) is 1. The van der Waals surface area contributed by atoms with Crippen LogP contribution < -0.4 is 11.1 Å². The summed E-state index contributed by atoms with van der Waals surface area (Å²) in [6, 6.07) is 5.93. The lowest BCUT2D eigenvalue weighted by molar-refractivity contribution is -0.124. The highest BCUT2D eigenvalue weighted by Crippen LogP contribution is 2.26. The number of hydrogen-bond donors (Lipinski definition) is 2. The van der Waals surface area contributed by atoms with E-state index in [9.17, 15) is 22.8 Å². The Morgan fingerprint density at radius 3 is 2.54 bits per heavy atom. The van der Waals surface area contributed by atoms with Gasteiger partial charge >= 0.3 is 0 Å². The van der Waals surface area contributed by atoms with Crippen molar-refractivity contribution >= 4 is 17.4 Å². The van der Waals surface area contributed by atoms with Gasteiger partial charge in [0, 0.05) is 11.8 Å². The molecule has 1 aliphatic rings. The monoisotopic (exact) mass is 365 g/mol. The molecule has 0 aliphatic carbocycles. The van der Waals surface area contributed by atoms with Crippen molar-refractivity contribution in [3.63, 3.8) is 0 Å². The molecular formula is C18H18F3N3O2. The molecule has 0 saturated heterocycles. The first kappa shape index (κ1) is 19.3. The number of hydrogen-bond acceptors (Lipinski definition) is 3. The van der Waals surface area contributed by atoms with Crippen LogP contribution >= 0.6 is 0 Å². The molecule has 1 aromatic rings. The molecule has 1 aliphatic heterocycles. The van der Waals surface area contributed by atoms with Gasteiger partial charge in [0.25, 0.3) is 18.2 Å². The Bertz CT molecular complexity index is 766. The van der Waals surface area contributed by atoms with Gasteiger partial charge in [0.05, 0.1) is 18.7 Å². The fourth-order valence-electron chi connectivity index (χ4n) is 2.54. The molecule has 3 N–H and O–H groups in total. The zero-order valence-electron chi connectivity index (χ0n) is 14.0. The second kappa shape index (κ2) is 8.37. The van der Waals surface area contributed by atoms with Gasteiger partial charge in [-0.05, 0) is 36.3 Å². The van der Waals surface area contributed by atoms with E-state index in [4.69, 9.17) is 5.73 Å². The largest absolute Gasteiger partial charge is 0.375 e. The lowest BCUT2D eigenvalue weighted by atomic mass is 9.95. The van der Waals surface area contributed by atoms with Crippen molar-refractivity contribution in [3.8, 4) is 0 Å². The van der Waals surface area contributed by atoms with Gasteiger partial charge in [-0.3, -0.25) is 9.59 Å². The minimum atomic E-state index is -2.62. The Balaban J connectivity index is 2.14. The molecule has 0 aromatic heterocycles. The molecule has 5 nitrogen and oxygen atoms in total. The zero-order chi connectivity index (χ0) is 19.3. The molecule has 1 heterocycles. The Hall–Kier alpha value is -3.03. The number of amides is 2. The van der Waals surface area contributed by atoms with Crippen LogP contribution in [-0.2, 0) is 4.79 Å². The van der Waals surface area contributed by atoms with E-state index in [0.717, 1.165) is 11.1 Å². The molecule has 138 valence electrons. The average Bonchev–Trinajstić information content (AvgIpc) is 2.59. The summed E-state index contributed by atoms with van der Waals surface area (Å²) < 4.78 is 37.0. The molecule has 0 spiro atoms. The summed E-state index contributed by atoms with van der Waals surface area (Å²) in [6.45, 7) is 1.05. The van der Waals surface area contributed by atoms with E-state index in [2.05, 4.69) is 5.32 Å². The van der Waals surface area contributed by atoms with Crippen molar-refractivity contribution in [3.05, 3.63) is 65.8 Å². The number of benzene rings is 1. The van der Waals surface area contributed by atoms with Crippen molar-refractivity contribution < 1.29 is 22.8 Å². The molecule has 0 radical (unpaired) electrons. The van der Waals surface area contributed by atoms with Crippen LogP contribution in [0.25, 0.3) is 5.57 Å². The Morgan fingerprint density at radius 1 is 1.31 bits per heavy atom. The highest BCUT2D eigenvalue weighted by atomic mass is 19.3. The van der Waals surface area contributed by atoms with Crippen LogP contribution in [0.1, 0.15) is 22.8 Å². The maximum absolute atomic E-state index is 12.8. The maximum atomic E-state index is 12.8. The first-order valence-electron chi connectivity index (χ1n) is 7.79. The van der Waals surface area contributed by atoms with Gasteiger partial charge in [0.2, 0.25) is 0 Å². The summed E-state index contributed by atoms with van der Waals surface area (Å²) in [5, 5.41) is 2.12. The third-order valence-electron chi connectivity index (χ3n) is 3.80. The lowest BCUT2D eigenvalue weighted by Gasteiger charge is -2.29. The van der Waals surface area contributed by atoms with E-state index in [0.29, 0.717) is 6.08 Å². The summed E-state index contributed by atoms with van der Waals surface area (Å²) in [4.78, 5) is 25.1. The van der Waals surface area contributed by atoms with Gasteiger partial charge in [0.1, 0.15) is 0 Å². The predicted molar refractivity (Wildman–Crippen MR) is 91.6 cm³/mol. The van der Waals surface area contributed by atoms with Crippen molar-refractivity contribution in [1.82, 2.24) is 10.2 Å². The van der Waals surface area contributed by atoms with E-state index < -0.39 is 30.7 Å². The molecule has 0 bridgehead atoms. The predicted octanol–water partition coefficient (Wildman–Crippen LogP) is 2.58. The quantitative estimate of drug-likeness (QED) is 0.622. The van der Waals surface area contributed by atoms with Crippen molar-refractivity contribution in [2.75, 3.05) is 6.54 Å². The van der Waals surface area contributed by atoms with Crippen LogP contribution in [0, 0.1) is 0 Å². The number of allylic oxidation sites excluding steroid dienone is 2. The molecule has 2 rings (SSSR count). The van der Waals surface area contributed by atoms with E-state index in [1.165, 1.54) is 23.2 Å². The molecule has 1 unspecified atom stereocenters. The van der Waals surface area contributed by atoms with Gasteiger partial charge in [-0.15, -0.1) is 0 Å². The fraction of sp³-hybridized carbons (Fsp3) is 0.222. The highest BCUT2D eigenvalue weighted by molar-refractivity contribution is 5.95. The third-order valence-corrected chi connectivity index (χ3v) is 3.80. The lowest BCUT2D eigenvalue weighted by Crippen LogP contribution is -2.35. The van der Waals surface area contributed by atoms with Gasteiger partial charge in [-0.25, -0.2) is 8.78 Å². The number of halogens is 3. The number of nitrogens with one attached hydrogen (secondary N) is 1. The van der Waals surface area contributed by atoms with Gasteiger partial charge in [-0.1, -0.05) is 18.2 Å². The normalized spacial score (nSPS) is 17.3. The van der Waals surface area contributed by atoms with Gasteiger partial charge in [-0.2, -0.15) is 4.39 Å². The minimum Gasteiger partial charge on any atom is -0.375 e. The number of carbonyl (C=O) groups excluding carboxylic acids is 2. The van der Waals surface area contributed by atoms with Crippen LogP contribution in [0.3, 0.4) is 0 Å². The van der Waals surface area contributed by atoms with Crippen molar-refractivity contribution in [2.45, 2.75) is 19.4 Å². The van der Waals surface area contributed by atoms with E-state index in [-0.39, 0.29) is 11.6 Å². The second-order valence-corrected chi connectivity index (χ2v) is 5.59. The maximum Gasteiger partial charge on any atom is 0.255 e. The summed E-state index contributed by atoms with van der Waals surface area (Å²) in [5.74, 6) is -2.27. The zero-order valence-corrected chi connectivity index (χ0v) is 14.0. The van der Waals surface area contributed by atoms with Crippen LogP contribution in [0.4, 0.5) is 13.2 Å². The smallest absolute Gasteiger partial charge is 0.255 e. The Labute approximate surface area is 148 Å². The second-order valence-electron chi connectivity index (χ2n) is 5.59. The van der Waals surface area contributed by atoms with E-state index in [1.54, 1.807) is 31.2 Å². The number of rotatable bonds is 5. The standard InChI is InChI=1S/C18H18F3N3O2/c1-11-14(3-2-8-24(11)17(25)9-16(21)22)12-4-6-13(7-5-12)18(26)23-10-15(19)20/h2-9,11,15H,10,22H2,1H3,(H,23,26)/b16-9-. The Morgan fingerprint density at radius 2 is 1.96 bits per heavy atom. The summed E-state index contributed by atoms with van der Waals surface area (Å²) >= 11 is 0.